The molecular weight excluding hydrogens is 294 g/mol. The van der Waals surface area contributed by atoms with Gasteiger partial charge in [-0.15, -0.1) is 11.3 Å². The highest BCUT2D eigenvalue weighted by Crippen LogP contribution is 2.28. The maximum Gasteiger partial charge on any atom is 0.0578 e. The molecule has 0 aliphatic heterocycles. The van der Waals surface area contributed by atoms with Crippen molar-refractivity contribution in [3.05, 3.63) is 50.1 Å². The molecule has 0 amide bonds. The first kappa shape index (κ1) is 12.7. The number of rotatable bonds is 3. The number of thiophene rings is 1. The summed E-state index contributed by atoms with van der Waals surface area (Å²) in [6.07, 6.45) is 0. The van der Waals surface area contributed by atoms with Crippen molar-refractivity contribution in [2.24, 2.45) is 0 Å². The first-order valence-corrected chi connectivity index (χ1v) is 7.26. The van der Waals surface area contributed by atoms with E-state index in [4.69, 9.17) is 0 Å². The Hall–Kier alpha value is -0.800. The third-order valence-corrected chi connectivity index (χ3v) is 4.44. The Labute approximate surface area is 115 Å². The maximum absolute atomic E-state index is 3.56. The third kappa shape index (κ3) is 3.11. The fraction of sp³-hybridized carbons (Fsp3) is 0.286. The van der Waals surface area contributed by atoms with E-state index in [1.165, 1.54) is 21.0 Å². The molecule has 0 radical (unpaired) electrons. The average molecular weight is 310 g/mol. The van der Waals surface area contributed by atoms with Crippen LogP contribution in [0.5, 0.6) is 0 Å². The van der Waals surface area contributed by atoms with Crippen LogP contribution in [0.2, 0.25) is 0 Å². The van der Waals surface area contributed by atoms with E-state index >= 15 is 0 Å². The van der Waals surface area contributed by atoms with Crippen LogP contribution in [0.4, 0.5) is 5.69 Å². The molecule has 0 fully saturated rings. The highest BCUT2D eigenvalue weighted by Gasteiger charge is 2.09. The molecule has 1 N–H and O–H groups in total. The zero-order valence-electron chi connectivity index (χ0n) is 10.3. The molecule has 1 atom stereocenters. The van der Waals surface area contributed by atoms with Crippen LogP contribution >= 0.6 is 27.3 Å². The lowest BCUT2D eigenvalue weighted by atomic mass is 10.1. The molecule has 0 aliphatic rings. The van der Waals surface area contributed by atoms with Crippen molar-refractivity contribution in [1.29, 1.82) is 0 Å². The summed E-state index contributed by atoms with van der Waals surface area (Å²) in [6.45, 7) is 6.47. The quantitative estimate of drug-likeness (QED) is 0.811. The van der Waals surface area contributed by atoms with Gasteiger partial charge in [-0.3, -0.25) is 0 Å². The van der Waals surface area contributed by atoms with Gasteiger partial charge in [-0.1, -0.05) is 22.0 Å². The number of nitrogens with one attached hydrogen (secondary N) is 1. The molecule has 0 aliphatic carbocycles. The standard InChI is InChI=1S/C14H16BrNS/c1-9-4-6-12(15)8-13(9)16-11(3)14-7-5-10(2)17-14/h4-8,11,16H,1-3H3. The summed E-state index contributed by atoms with van der Waals surface area (Å²) in [4.78, 5) is 2.74. The van der Waals surface area contributed by atoms with Crippen molar-refractivity contribution in [2.75, 3.05) is 5.32 Å². The normalized spacial score (nSPS) is 12.5. The molecule has 0 bridgehead atoms. The highest BCUT2D eigenvalue weighted by molar-refractivity contribution is 9.10. The first-order valence-electron chi connectivity index (χ1n) is 5.65. The second-order valence-electron chi connectivity index (χ2n) is 4.27. The Kier molecular flexibility index (Phi) is 3.89. The number of halogens is 1. The number of hydrogen-bond donors (Lipinski definition) is 1. The van der Waals surface area contributed by atoms with E-state index in [9.17, 15) is 0 Å². The fourth-order valence-electron chi connectivity index (χ4n) is 1.74. The Morgan fingerprint density at radius 2 is 1.94 bits per heavy atom. The zero-order valence-corrected chi connectivity index (χ0v) is 12.7. The van der Waals surface area contributed by atoms with Crippen molar-refractivity contribution in [2.45, 2.75) is 26.8 Å². The molecule has 2 rings (SSSR count). The van der Waals surface area contributed by atoms with Gasteiger partial charge < -0.3 is 5.32 Å². The average Bonchev–Trinajstić information content (AvgIpc) is 2.70. The monoisotopic (exact) mass is 309 g/mol. The van der Waals surface area contributed by atoms with E-state index in [0.717, 1.165) is 4.47 Å². The minimum Gasteiger partial charge on any atom is -0.377 e. The van der Waals surface area contributed by atoms with E-state index in [1.54, 1.807) is 0 Å². The van der Waals surface area contributed by atoms with E-state index in [1.807, 2.05) is 11.3 Å². The van der Waals surface area contributed by atoms with Gasteiger partial charge in [0.15, 0.2) is 0 Å². The smallest absolute Gasteiger partial charge is 0.0578 e. The van der Waals surface area contributed by atoms with Crippen molar-refractivity contribution >= 4 is 33.0 Å². The van der Waals surface area contributed by atoms with E-state index in [0.29, 0.717) is 6.04 Å². The Morgan fingerprint density at radius 1 is 1.18 bits per heavy atom. The molecule has 1 nitrogen and oxygen atoms in total. The lowest BCUT2D eigenvalue weighted by Crippen LogP contribution is -2.05. The molecule has 1 aromatic carbocycles. The van der Waals surface area contributed by atoms with Crippen LogP contribution in [-0.2, 0) is 0 Å². The zero-order chi connectivity index (χ0) is 12.4. The number of aryl methyl sites for hydroxylation is 2. The van der Waals surface area contributed by atoms with Gasteiger partial charge >= 0.3 is 0 Å². The highest BCUT2D eigenvalue weighted by atomic mass is 79.9. The van der Waals surface area contributed by atoms with Gasteiger partial charge in [-0.2, -0.15) is 0 Å². The van der Waals surface area contributed by atoms with Crippen LogP contribution in [0.1, 0.15) is 28.3 Å². The minimum absolute atomic E-state index is 0.349. The SMILES string of the molecule is Cc1ccc(C(C)Nc2cc(Br)ccc2C)s1. The van der Waals surface area contributed by atoms with Crippen molar-refractivity contribution in [3.63, 3.8) is 0 Å². The summed E-state index contributed by atoms with van der Waals surface area (Å²) >= 11 is 5.36. The van der Waals surface area contributed by atoms with Gasteiger partial charge in [0, 0.05) is 19.9 Å². The van der Waals surface area contributed by atoms with Crippen LogP contribution in [0, 0.1) is 13.8 Å². The number of hydrogen-bond acceptors (Lipinski definition) is 2. The Morgan fingerprint density at radius 3 is 2.59 bits per heavy atom. The molecule has 0 saturated carbocycles. The molecular formula is C14H16BrNS. The maximum atomic E-state index is 3.56. The summed E-state index contributed by atoms with van der Waals surface area (Å²) < 4.78 is 1.11. The van der Waals surface area contributed by atoms with Gasteiger partial charge in [0.25, 0.3) is 0 Å². The second-order valence-corrected chi connectivity index (χ2v) is 6.51. The molecule has 2 aromatic rings. The third-order valence-electron chi connectivity index (χ3n) is 2.76. The van der Waals surface area contributed by atoms with Crippen LogP contribution in [0.3, 0.4) is 0 Å². The van der Waals surface area contributed by atoms with Gasteiger partial charge in [-0.25, -0.2) is 0 Å². The molecule has 0 saturated heterocycles. The van der Waals surface area contributed by atoms with Crippen LogP contribution in [0.15, 0.2) is 34.8 Å². The largest absolute Gasteiger partial charge is 0.377 e. The molecule has 3 heteroatoms. The molecule has 1 unspecified atom stereocenters. The minimum atomic E-state index is 0.349. The van der Waals surface area contributed by atoms with Crippen LogP contribution in [-0.4, -0.2) is 0 Å². The molecule has 1 aromatic heterocycles. The van der Waals surface area contributed by atoms with Crippen LogP contribution < -0.4 is 5.32 Å². The predicted molar refractivity (Wildman–Crippen MR) is 80.0 cm³/mol. The van der Waals surface area contributed by atoms with E-state index in [-0.39, 0.29) is 0 Å². The fourth-order valence-corrected chi connectivity index (χ4v) is 2.98. The van der Waals surface area contributed by atoms with Gasteiger partial charge in [0.05, 0.1) is 6.04 Å². The second kappa shape index (κ2) is 5.23. The van der Waals surface area contributed by atoms with Crippen molar-refractivity contribution in [1.82, 2.24) is 0 Å². The molecule has 1 heterocycles. The summed E-state index contributed by atoms with van der Waals surface area (Å²) in [5, 5.41) is 3.56. The summed E-state index contributed by atoms with van der Waals surface area (Å²) in [7, 11) is 0. The lowest BCUT2D eigenvalue weighted by Gasteiger charge is -2.16. The van der Waals surface area contributed by atoms with E-state index in [2.05, 4.69) is 72.3 Å². The molecule has 17 heavy (non-hydrogen) atoms. The predicted octanol–water partition coefficient (Wildman–Crippen LogP) is 5.30. The molecule has 0 spiro atoms. The Balaban J connectivity index is 2.18. The van der Waals surface area contributed by atoms with Crippen molar-refractivity contribution < 1.29 is 0 Å². The summed E-state index contributed by atoms with van der Waals surface area (Å²) in [6, 6.07) is 11.0. The lowest BCUT2D eigenvalue weighted by molar-refractivity contribution is 0.905. The van der Waals surface area contributed by atoms with Crippen molar-refractivity contribution in [3.8, 4) is 0 Å². The van der Waals surface area contributed by atoms with Gasteiger partial charge in [-0.05, 0) is 50.6 Å². The number of anilines is 1. The summed E-state index contributed by atoms with van der Waals surface area (Å²) in [5.74, 6) is 0. The number of benzene rings is 1. The van der Waals surface area contributed by atoms with Crippen LogP contribution in [0.25, 0.3) is 0 Å². The van der Waals surface area contributed by atoms with Gasteiger partial charge in [0.2, 0.25) is 0 Å². The topological polar surface area (TPSA) is 12.0 Å². The first-order chi connectivity index (χ1) is 8.06. The Bertz CT molecular complexity index is 519. The molecule has 90 valence electrons. The van der Waals surface area contributed by atoms with Gasteiger partial charge in [0.1, 0.15) is 0 Å². The summed E-state index contributed by atoms with van der Waals surface area (Å²) in [5.41, 5.74) is 2.46. The van der Waals surface area contributed by atoms with E-state index < -0.39 is 0 Å².